The lowest BCUT2D eigenvalue weighted by atomic mass is 10.0. The van der Waals surface area contributed by atoms with Gasteiger partial charge in [-0.2, -0.15) is 5.10 Å². The van der Waals surface area contributed by atoms with Crippen LogP contribution in [-0.4, -0.2) is 14.9 Å². The molecule has 0 radical (unpaired) electrons. The van der Waals surface area contributed by atoms with E-state index in [0.717, 1.165) is 12.1 Å². The zero-order valence-corrected chi connectivity index (χ0v) is 12.4. The molecule has 5 heteroatoms. The van der Waals surface area contributed by atoms with Gasteiger partial charge in [-0.25, -0.2) is 4.39 Å². The number of nitrogens with zero attached hydrogens (tertiary/aromatic N) is 2. The largest absolute Gasteiger partial charge is 0.386 e. The second kappa shape index (κ2) is 6.37. The molecule has 0 fully saturated rings. The van der Waals surface area contributed by atoms with E-state index in [1.807, 2.05) is 19.9 Å². The standard InChI is InChI=1S/C15H18ClFN2O/c1-3-11-9-13(19(4-2)18-11)14(20)8-10-6-5-7-12(16)15(10)17/h5-7,9,14,20H,3-4,8H2,1-2H3. The van der Waals surface area contributed by atoms with Crippen molar-refractivity contribution in [1.82, 2.24) is 9.78 Å². The lowest BCUT2D eigenvalue weighted by molar-refractivity contribution is 0.166. The summed E-state index contributed by atoms with van der Waals surface area (Å²) < 4.78 is 15.6. The molecule has 1 N–H and O–H groups in total. The Morgan fingerprint density at radius 3 is 2.80 bits per heavy atom. The first-order valence-electron chi connectivity index (χ1n) is 6.74. The van der Waals surface area contributed by atoms with Gasteiger partial charge >= 0.3 is 0 Å². The number of aryl methyl sites for hydroxylation is 2. The first kappa shape index (κ1) is 15.0. The summed E-state index contributed by atoms with van der Waals surface area (Å²) in [5.41, 5.74) is 2.04. The molecule has 0 saturated carbocycles. The Kier molecular flexibility index (Phi) is 4.78. The molecule has 0 amide bonds. The summed E-state index contributed by atoms with van der Waals surface area (Å²) in [5, 5.41) is 14.8. The van der Waals surface area contributed by atoms with Crippen molar-refractivity contribution >= 4 is 11.6 Å². The summed E-state index contributed by atoms with van der Waals surface area (Å²) in [4.78, 5) is 0. The molecule has 0 bridgehead atoms. The SMILES string of the molecule is CCc1cc(C(O)Cc2cccc(Cl)c2F)n(CC)n1. The third-order valence-corrected chi connectivity index (χ3v) is 3.60. The summed E-state index contributed by atoms with van der Waals surface area (Å²) in [7, 11) is 0. The summed E-state index contributed by atoms with van der Waals surface area (Å²) >= 11 is 5.75. The van der Waals surface area contributed by atoms with E-state index in [9.17, 15) is 9.50 Å². The van der Waals surface area contributed by atoms with Gasteiger partial charge in [-0.3, -0.25) is 4.68 Å². The van der Waals surface area contributed by atoms with Crippen LogP contribution in [0.3, 0.4) is 0 Å². The molecule has 0 aliphatic carbocycles. The highest BCUT2D eigenvalue weighted by Gasteiger charge is 2.18. The van der Waals surface area contributed by atoms with Crippen molar-refractivity contribution in [3.63, 3.8) is 0 Å². The fourth-order valence-electron chi connectivity index (χ4n) is 2.20. The monoisotopic (exact) mass is 296 g/mol. The smallest absolute Gasteiger partial charge is 0.145 e. The van der Waals surface area contributed by atoms with E-state index in [0.29, 0.717) is 17.8 Å². The molecule has 0 spiro atoms. The minimum Gasteiger partial charge on any atom is -0.386 e. The van der Waals surface area contributed by atoms with E-state index < -0.39 is 11.9 Å². The minimum absolute atomic E-state index is 0.0768. The summed E-state index contributed by atoms with van der Waals surface area (Å²) in [6.45, 7) is 4.64. The average molecular weight is 297 g/mol. The van der Waals surface area contributed by atoms with Crippen molar-refractivity contribution in [3.8, 4) is 0 Å². The number of hydrogen-bond donors (Lipinski definition) is 1. The van der Waals surface area contributed by atoms with E-state index in [2.05, 4.69) is 5.10 Å². The Labute approximate surface area is 123 Å². The van der Waals surface area contributed by atoms with Gasteiger partial charge in [0.05, 0.1) is 22.5 Å². The zero-order valence-electron chi connectivity index (χ0n) is 11.6. The highest BCUT2D eigenvalue weighted by atomic mass is 35.5. The maximum atomic E-state index is 13.9. The summed E-state index contributed by atoms with van der Waals surface area (Å²) in [6.07, 6.45) is 0.190. The van der Waals surface area contributed by atoms with Gasteiger partial charge in [0.1, 0.15) is 5.82 Å². The third kappa shape index (κ3) is 3.02. The highest BCUT2D eigenvalue weighted by molar-refractivity contribution is 6.30. The van der Waals surface area contributed by atoms with E-state index >= 15 is 0 Å². The predicted molar refractivity (Wildman–Crippen MR) is 77.4 cm³/mol. The number of rotatable bonds is 5. The van der Waals surface area contributed by atoms with Crippen LogP contribution in [0.4, 0.5) is 4.39 Å². The quantitative estimate of drug-likeness (QED) is 0.916. The minimum atomic E-state index is -0.796. The Hall–Kier alpha value is -1.39. The Morgan fingerprint density at radius 2 is 2.15 bits per heavy atom. The van der Waals surface area contributed by atoms with Gasteiger partial charge in [0.25, 0.3) is 0 Å². The van der Waals surface area contributed by atoms with Gasteiger partial charge in [0.2, 0.25) is 0 Å². The zero-order chi connectivity index (χ0) is 14.7. The highest BCUT2D eigenvalue weighted by Crippen LogP contribution is 2.24. The maximum Gasteiger partial charge on any atom is 0.145 e. The van der Waals surface area contributed by atoms with Crippen LogP contribution in [0.1, 0.15) is 36.9 Å². The van der Waals surface area contributed by atoms with Crippen LogP contribution in [-0.2, 0) is 19.4 Å². The fourth-order valence-corrected chi connectivity index (χ4v) is 2.39. The molecule has 3 nitrogen and oxygen atoms in total. The van der Waals surface area contributed by atoms with E-state index in [-0.39, 0.29) is 11.4 Å². The second-order valence-electron chi connectivity index (χ2n) is 4.66. The second-order valence-corrected chi connectivity index (χ2v) is 5.07. The van der Waals surface area contributed by atoms with Crippen LogP contribution in [0.5, 0.6) is 0 Å². The Bertz CT molecular complexity index is 598. The molecule has 2 rings (SSSR count). The van der Waals surface area contributed by atoms with Crippen LogP contribution in [0.15, 0.2) is 24.3 Å². The molecule has 0 aliphatic heterocycles. The molecule has 0 aliphatic rings. The molecule has 1 aromatic carbocycles. The number of aliphatic hydroxyl groups excluding tert-OH is 1. The molecule has 1 heterocycles. The van der Waals surface area contributed by atoms with E-state index in [1.54, 1.807) is 16.8 Å². The first-order valence-corrected chi connectivity index (χ1v) is 7.12. The lowest BCUT2D eigenvalue weighted by Gasteiger charge is -2.13. The van der Waals surface area contributed by atoms with Crippen LogP contribution in [0.2, 0.25) is 5.02 Å². The molecule has 0 saturated heterocycles. The fraction of sp³-hybridized carbons (Fsp3) is 0.400. The normalized spacial score (nSPS) is 12.7. The molecule has 2 aromatic rings. The molecular formula is C15H18ClFN2O. The van der Waals surface area contributed by atoms with Crippen molar-refractivity contribution in [2.75, 3.05) is 0 Å². The van der Waals surface area contributed by atoms with Gasteiger partial charge in [-0.05, 0) is 31.0 Å². The molecule has 1 aromatic heterocycles. The first-order chi connectivity index (χ1) is 9.56. The molecule has 1 atom stereocenters. The number of aromatic nitrogens is 2. The number of halogens is 2. The molecule has 1 unspecified atom stereocenters. The van der Waals surface area contributed by atoms with Crippen LogP contribution < -0.4 is 0 Å². The van der Waals surface area contributed by atoms with Crippen molar-refractivity contribution in [1.29, 1.82) is 0 Å². The van der Waals surface area contributed by atoms with Gasteiger partial charge in [0.15, 0.2) is 0 Å². The third-order valence-electron chi connectivity index (χ3n) is 3.31. The molecule has 20 heavy (non-hydrogen) atoms. The van der Waals surface area contributed by atoms with Gasteiger partial charge in [-0.1, -0.05) is 30.7 Å². The number of aliphatic hydroxyl groups is 1. The van der Waals surface area contributed by atoms with Crippen molar-refractivity contribution in [3.05, 3.63) is 52.1 Å². The topological polar surface area (TPSA) is 38.0 Å². The lowest BCUT2D eigenvalue weighted by Crippen LogP contribution is -2.11. The van der Waals surface area contributed by atoms with Crippen molar-refractivity contribution < 1.29 is 9.50 Å². The maximum absolute atomic E-state index is 13.9. The van der Waals surface area contributed by atoms with Crippen LogP contribution in [0, 0.1) is 5.82 Å². The summed E-state index contributed by atoms with van der Waals surface area (Å²) in [6, 6.07) is 6.69. The van der Waals surface area contributed by atoms with E-state index in [1.165, 1.54) is 6.07 Å². The Balaban J connectivity index is 2.25. The predicted octanol–water partition coefficient (Wildman–Crippen LogP) is 3.53. The average Bonchev–Trinajstić information content (AvgIpc) is 2.87. The summed E-state index contributed by atoms with van der Waals surface area (Å²) in [5.74, 6) is -0.466. The van der Waals surface area contributed by atoms with Gasteiger partial charge in [-0.15, -0.1) is 0 Å². The number of benzene rings is 1. The molecule has 108 valence electrons. The van der Waals surface area contributed by atoms with E-state index in [4.69, 9.17) is 11.6 Å². The van der Waals surface area contributed by atoms with Gasteiger partial charge < -0.3 is 5.11 Å². The van der Waals surface area contributed by atoms with Crippen LogP contribution in [0.25, 0.3) is 0 Å². The Morgan fingerprint density at radius 1 is 1.40 bits per heavy atom. The van der Waals surface area contributed by atoms with Crippen LogP contribution >= 0.6 is 11.6 Å². The van der Waals surface area contributed by atoms with Crippen molar-refractivity contribution in [2.24, 2.45) is 0 Å². The number of hydrogen-bond acceptors (Lipinski definition) is 2. The molecular weight excluding hydrogens is 279 g/mol. The van der Waals surface area contributed by atoms with Crippen molar-refractivity contribution in [2.45, 2.75) is 39.3 Å². The van der Waals surface area contributed by atoms with Gasteiger partial charge in [0, 0.05) is 13.0 Å².